The molecule has 0 saturated carbocycles. The molecule has 23 heavy (non-hydrogen) atoms. The monoisotopic (exact) mass is 328 g/mol. The van der Waals surface area contributed by atoms with Crippen LogP contribution in [0.3, 0.4) is 0 Å². The Labute approximate surface area is 141 Å². The van der Waals surface area contributed by atoms with Gasteiger partial charge in [-0.25, -0.2) is 0 Å². The first-order chi connectivity index (χ1) is 11.1. The topological polar surface area (TPSA) is 50.4 Å². The molecule has 0 saturated heterocycles. The van der Waals surface area contributed by atoms with E-state index in [0.29, 0.717) is 17.4 Å². The van der Waals surface area contributed by atoms with Crippen molar-refractivity contribution in [1.82, 2.24) is 10.6 Å². The second kappa shape index (κ2) is 8.90. The summed E-state index contributed by atoms with van der Waals surface area (Å²) in [4.78, 5) is 11.8. The molecule has 0 heterocycles. The highest BCUT2D eigenvalue weighted by Gasteiger charge is 2.05. The molecule has 0 radical (unpaired) electrons. The first-order valence-corrected chi connectivity index (χ1v) is 7.85. The highest BCUT2D eigenvalue weighted by molar-refractivity contribution is 7.80. The molecule has 0 aliphatic rings. The molecular formula is C18H20N2O2S. The Hall–Kier alpha value is -2.40. The third-order valence-corrected chi connectivity index (χ3v) is 3.43. The molecule has 0 spiro atoms. The Morgan fingerprint density at radius 2 is 1.78 bits per heavy atom. The first-order valence-electron chi connectivity index (χ1n) is 7.44. The van der Waals surface area contributed by atoms with E-state index >= 15 is 0 Å². The maximum atomic E-state index is 11.8. The van der Waals surface area contributed by atoms with Gasteiger partial charge in [0.05, 0.1) is 0 Å². The Morgan fingerprint density at radius 3 is 2.48 bits per heavy atom. The van der Waals surface area contributed by atoms with Crippen LogP contribution in [0, 0.1) is 6.92 Å². The van der Waals surface area contributed by atoms with E-state index in [0.717, 1.165) is 12.0 Å². The van der Waals surface area contributed by atoms with Crippen molar-refractivity contribution in [3.63, 3.8) is 0 Å². The largest absolute Gasteiger partial charge is 0.484 e. The molecule has 2 N–H and O–H groups in total. The average molecular weight is 328 g/mol. The Morgan fingerprint density at radius 1 is 1.09 bits per heavy atom. The van der Waals surface area contributed by atoms with Crippen molar-refractivity contribution in [3.8, 4) is 5.75 Å². The fourth-order valence-electron chi connectivity index (χ4n) is 1.96. The number of thiocarbonyl (C=S) groups is 1. The predicted octanol–water partition coefficient (Wildman–Crippen LogP) is 2.61. The molecule has 0 aromatic heterocycles. The summed E-state index contributed by atoms with van der Waals surface area (Å²) < 4.78 is 5.40. The molecule has 0 aliphatic carbocycles. The number of amides is 1. The molecule has 120 valence electrons. The lowest BCUT2D eigenvalue weighted by atomic mass is 10.1. The van der Waals surface area contributed by atoms with Gasteiger partial charge in [-0.1, -0.05) is 48.0 Å². The second-order valence-corrected chi connectivity index (χ2v) is 5.55. The van der Waals surface area contributed by atoms with E-state index < -0.39 is 0 Å². The second-order valence-electron chi connectivity index (χ2n) is 5.14. The molecule has 0 atom stereocenters. The van der Waals surface area contributed by atoms with Crippen molar-refractivity contribution in [2.75, 3.05) is 13.2 Å². The minimum absolute atomic E-state index is 0.0659. The zero-order chi connectivity index (χ0) is 16.5. The minimum Gasteiger partial charge on any atom is -0.484 e. The standard InChI is InChI=1S/C18H20N2O2S/c1-14-7-9-16(10-8-14)22-13-17(21)20-18(23)19-12-11-15-5-3-2-4-6-15/h2-10H,11-13H2,1H3,(H2,19,20,21,23). The summed E-state index contributed by atoms with van der Waals surface area (Å²) in [6.45, 7) is 2.60. The van der Waals surface area contributed by atoms with Crippen LogP contribution in [0.2, 0.25) is 0 Å². The van der Waals surface area contributed by atoms with Crippen molar-refractivity contribution >= 4 is 23.2 Å². The highest BCUT2D eigenvalue weighted by Crippen LogP contribution is 2.10. The van der Waals surface area contributed by atoms with E-state index in [1.54, 1.807) is 0 Å². The number of ether oxygens (including phenoxy) is 1. The number of benzene rings is 2. The van der Waals surface area contributed by atoms with Crippen LogP contribution < -0.4 is 15.4 Å². The van der Waals surface area contributed by atoms with Gasteiger partial charge in [-0.05, 0) is 43.3 Å². The number of hydrogen-bond donors (Lipinski definition) is 2. The van der Waals surface area contributed by atoms with Gasteiger partial charge >= 0.3 is 0 Å². The van der Waals surface area contributed by atoms with Crippen LogP contribution in [0.4, 0.5) is 0 Å². The summed E-state index contributed by atoms with van der Waals surface area (Å²) in [6, 6.07) is 17.6. The van der Waals surface area contributed by atoms with Gasteiger partial charge in [-0.2, -0.15) is 0 Å². The third-order valence-electron chi connectivity index (χ3n) is 3.19. The molecule has 2 rings (SSSR count). The molecule has 0 bridgehead atoms. The summed E-state index contributed by atoms with van der Waals surface area (Å²) in [5.74, 6) is 0.386. The normalized spacial score (nSPS) is 9.96. The Kier molecular flexibility index (Phi) is 6.56. The zero-order valence-electron chi connectivity index (χ0n) is 13.0. The first kappa shape index (κ1) is 17.0. The van der Waals surface area contributed by atoms with E-state index in [2.05, 4.69) is 22.8 Å². The fraction of sp³-hybridized carbons (Fsp3) is 0.222. The lowest BCUT2D eigenvalue weighted by Gasteiger charge is -2.10. The van der Waals surface area contributed by atoms with Crippen molar-refractivity contribution in [2.45, 2.75) is 13.3 Å². The van der Waals surface area contributed by atoms with Gasteiger partial charge < -0.3 is 15.4 Å². The SMILES string of the molecule is Cc1ccc(OCC(=O)NC(=S)NCCc2ccccc2)cc1. The molecule has 2 aromatic carbocycles. The number of rotatable bonds is 6. The van der Waals surface area contributed by atoms with E-state index in [1.807, 2.05) is 49.4 Å². The van der Waals surface area contributed by atoms with Crippen LogP contribution in [-0.2, 0) is 11.2 Å². The maximum absolute atomic E-state index is 11.8. The molecule has 1 amide bonds. The number of aryl methyl sites for hydroxylation is 1. The van der Waals surface area contributed by atoms with Gasteiger partial charge in [0, 0.05) is 6.54 Å². The van der Waals surface area contributed by atoms with E-state index in [9.17, 15) is 4.79 Å². The summed E-state index contributed by atoms with van der Waals surface area (Å²) in [5, 5.41) is 5.93. The fourth-order valence-corrected chi connectivity index (χ4v) is 2.17. The molecule has 2 aromatic rings. The van der Waals surface area contributed by atoms with Gasteiger partial charge in [0.2, 0.25) is 0 Å². The van der Waals surface area contributed by atoms with Crippen LogP contribution in [0.15, 0.2) is 54.6 Å². The van der Waals surface area contributed by atoms with E-state index in [1.165, 1.54) is 5.56 Å². The molecule has 0 fully saturated rings. The predicted molar refractivity (Wildman–Crippen MR) is 95.6 cm³/mol. The number of hydrogen-bond acceptors (Lipinski definition) is 3. The highest BCUT2D eigenvalue weighted by atomic mass is 32.1. The van der Waals surface area contributed by atoms with Crippen LogP contribution in [0.1, 0.15) is 11.1 Å². The summed E-state index contributed by atoms with van der Waals surface area (Å²) >= 11 is 5.10. The Bertz CT molecular complexity index is 642. The van der Waals surface area contributed by atoms with Crippen LogP contribution >= 0.6 is 12.2 Å². The van der Waals surface area contributed by atoms with Crippen molar-refractivity contribution in [2.24, 2.45) is 0 Å². The smallest absolute Gasteiger partial charge is 0.264 e. The van der Waals surface area contributed by atoms with Gasteiger partial charge in [0.15, 0.2) is 11.7 Å². The van der Waals surface area contributed by atoms with Crippen LogP contribution in [0.5, 0.6) is 5.75 Å². The molecular weight excluding hydrogens is 308 g/mol. The van der Waals surface area contributed by atoms with Crippen LogP contribution in [-0.4, -0.2) is 24.2 Å². The van der Waals surface area contributed by atoms with Crippen molar-refractivity contribution < 1.29 is 9.53 Å². The van der Waals surface area contributed by atoms with Crippen LogP contribution in [0.25, 0.3) is 0 Å². The number of carbonyl (C=O) groups excluding carboxylic acids is 1. The van der Waals surface area contributed by atoms with E-state index in [4.69, 9.17) is 17.0 Å². The molecule has 0 unspecified atom stereocenters. The Balaban J connectivity index is 1.64. The lowest BCUT2D eigenvalue weighted by molar-refractivity contribution is -0.121. The summed E-state index contributed by atoms with van der Waals surface area (Å²) in [5.41, 5.74) is 2.36. The number of nitrogens with one attached hydrogen (secondary N) is 2. The van der Waals surface area contributed by atoms with Crippen molar-refractivity contribution in [1.29, 1.82) is 0 Å². The third kappa shape index (κ3) is 6.48. The summed E-state index contributed by atoms with van der Waals surface area (Å²) in [7, 11) is 0. The summed E-state index contributed by atoms with van der Waals surface area (Å²) in [6.07, 6.45) is 0.844. The quantitative estimate of drug-likeness (QED) is 0.801. The van der Waals surface area contributed by atoms with Gasteiger partial charge in [0.25, 0.3) is 5.91 Å². The van der Waals surface area contributed by atoms with Gasteiger partial charge in [-0.3, -0.25) is 4.79 Å². The van der Waals surface area contributed by atoms with E-state index in [-0.39, 0.29) is 12.5 Å². The minimum atomic E-state index is -0.275. The molecule has 4 nitrogen and oxygen atoms in total. The lowest BCUT2D eigenvalue weighted by Crippen LogP contribution is -2.42. The molecule has 0 aliphatic heterocycles. The van der Waals surface area contributed by atoms with Gasteiger partial charge in [0.1, 0.15) is 5.75 Å². The average Bonchev–Trinajstić information content (AvgIpc) is 2.55. The number of carbonyl (C=O) groups is 1. The maximum Gasteiger partial charge on any atom is 0.264 e. The van der Waals surface area contributed by atoms with Crippen molar-refractivity contribution in [3.05, 3.63) is 65.7 Å². The zero-order valence-corrected chi connectivity index (χ0v) is 13.9. The molecule has 5 heteroatoms. The van der Waals surface area contributed by atoms with Gasteiger partial charge in [-0.15, -0.1) is 0 Å².